The summed E-state index contributed by atoms with van der Waals surface area (Å²) >= 11 is 0. The molecule has 0 atom stereocenters. The first-order valence-corrected chi connectivity index (χ1v) is 24.4. The van der Waals surface area contributed by atoms with Crippen LogP contribution >= 0.6 is 0 Å². The molecule has 332 valence electrons. The second-order valence-electron chi connectivity index (χ2n) is 18.5. The molecule has 3 heteroatoms. The van der Waals surface area contributed by atoms with E-state index >= 15 is 0 Å². The van der Waals surface area contributed by atoms with Gasteiger partial charge in [0, 0.05) is 60.2 Å². The van der Waals surface area contributed by atoms with Crippen LogP contribution in [0.5, 0.6) is 0 Å². The van der Waals surface area contributed by atoms with Crippen LogP contribution in [0.15, 0.2) is 273 Å². The maximum atomic E-state index is 2.53. The number of fused-ring (bicyclic) bond motifs is 8. The van der Waals surface area contributed by atoms with Crippen LogP contribution in [0.4, 0.5) is 17.1 Å². The Kier molecular flexibility index (Phi) is 9.53. The molecule has 0 saturated heterocycles. The standard InChI is InChI=1S/C68H45N3/c1-5-19-46(20-6-1)49-33-37-53(38-34-49)69(54-39-42-66-60(45-54)57-29-15-16-30-63(57)70(66)52-25-11-4-12-26-52)67-58-40-35-51(48-23-9-3-10-24-48)44-62(58)68(59-41-36-50(43-61(59)67)47-21-7-2-8-22-47)71-64-31-17-13-27-55(64)56-28-14-18-32-65(56)71/h1-45H. The van der Waals surface area contributed by atoms with Crippen molar-refractivity contribution >= 4 is 82.2 Å². The number of nitrogens with zero attached hydrogens (tertiary/aromatic N) is 3. The highest BCUT2D eigenvalue weighted by Gasteiger charge is 2.26. The van der Waals surface area contributed by atoms with Crippen LogP contribution in [0.1, 0.15) is 0 Å². The Balaban J connectivity index is 1.14. The Morgan fingerprint density at radius 1 is 0.225 bits per heavy atom. The number of aromatic nitrogens is 2. The summed E-state index contributed by atoms with van der Waals surface area (Å²) in [7, 11) is 0. The van der Waals surface area contributed by atoms with Crippen molar-refractivity contribution in [1.82, 2.24) is 9.13 Å². The van der Waals surface area contributed by atoms with Crippen molar-refractivity contribution in [3.63, 3.8) is 0 Å². The smallest absolute Gasteiger partial charge is 0.0620 e. The zero-order valence-corrected chi connectivity index (χ0v) is 38.8. The van der Waals surface area contributed by atoms with Crippen LogP contribution in [0, 0.1) is 0 Å². The van der Waals surface area contributed by atoms with E-state index < -0.39 is 0 Å². The first-order valence-electron chi connectivity index (χ1n) is 24.4. The van der Waals surface area contributed by atoms with E-state index in [0.29, 0.717) is 0 Å². The summed E-state index contributed by atoms with van der Waals surface area (Å²) in [5, 5.41) is 9.51. The molecule has 0 aliphatic rings. The van der Waals surface area contributed by atoms with Crippen LogP contribution in [0.2, 0.25) is 0 Å². The zero-order valence-electron chi connectivity index (χ0n) is 38.8. The molecule has 14 rings (SSSR count). The number of hydrogen-bond donors (Lipinski definition) is 0. The highest BCUT2D eigenvalue weighted by atomic mass is 15.1. The van der Waals surface area contributed by atoms with Crippen LogP contribution in [0.3, 0.4) is 0 Å². The molecule has 0 radical (unpaired) electrons. The van der Waals surface area contributed by atoms with Crippen LogP contribution in [-0.2, 0) is 0 Å². The van der Waals surface area contributed by atoms with Gasteiger partial charge in [-0.15, -0.1) is 0 Å². The van der Waals surface area contributed by atoms with Crippen LogP contribution < -0.4 is 4.90 Å². The second-order valence-corrected chi connectivity index (χ2v) is 18.5. The minimum atomic E-state index is 1.07. The van der Waals surface area contributed by atoms with Crippen molar-refractivity contribution in [3.8, 4) is 44.8 Å². The molecule has 0 unspecified atom stereocenters. The molecule has 14 aromatic rings. The Labute approximate surface area is 412 Å². The molecule has 0 saturated carbocycles. The minimum absolute atomic E-state index is 1.07. The Morgan fingerprint density at radius 2 is 0.634 bits per heavy atom. The number of rotatable bonds is 8. The topological polar surface area (TPSA) is 13.1 Å². The zero-order chi connectivity index (χ0) is 46.8. The highest BCUT2D eigenvalue weighted by Crippen LogP contribution is 2.51. The number of hydrogen-bond acceptors (Lipinski definition) is 1. The lowest BCUT2D eigenvalue weighted by atomic mass is 9.91. The summed E-state index contributed by atoms with van der Waals surface area (Å²) in [5.74, 6) is 0. The van der Waals surface area contributed by atoms with Crippen molar-refractivity contribution < 1.29 is 0 Å². The molecule has 0 N–H and O–H groups in total. The van der Waals surface area contributed by atoms with Gasteiger partial charge >= 0.3 is 0 Å². The predicted molar refractivity (Wildman–Crippen MR) is 301 cm³/mol. The van der Waals surface area contributed by atoms with Crippen LogP contribution in [0.25, 0.3) is 110 Å². The summed E-state index contributed by atoms with van der Waals surface area (Å²) in [6.07, 6.45) is 0. The first-order chi connectivity index (χ1) is 35.2. The molecule has 12 aromatic carbocycles. The van der Waals surface area contributed by atoms with Gasteiger partial charge in [-0.05, 0) is 106 Å². The quantitative estimate of drug-likeness (QED) is 0.139. The molecule has 2 heterocycles. The summed E-state index contributed by atoms with van der Waals surface area (Å²) < 4.78 is 4.93. The van der Waals surface area contributed by atoms with Gasteiger partial charge in [0.25, 0.3) is 0 Å². The molecule has 0 aliphatic carbocycles. The molecule has 0 amide bonds. The lowest BCUT2D eigenvalue weighted by Crippen LogP contribution is -2.12. The predicted octanol–water partition coefficient (Wildman–Crippen LogP) is 18.7. The number of para-hydroxylation sites is 4. The van der Waals surface area contributed by atoms with E-state index in [9.17, 15) is 0 Å². The molecule has 2 aromatic heterocycles. The first kappa shape index (κ1) is 40.6. The third kappa shape index (κ3) is 6.66. The fraction of sp³-hybridized carbons (Fsp3) is 0. The van der Waals surface area contributed by atoms with E-state index in [1.165, 1.54) is 71.3 Å². The molecule has 71 heavy (non-hydrogen) atoms. The Bertz CT molecular complexity index is 4250. The normalized spacial score (nSPS) is 11.7. The summed E-state index contributed by atoms with van der Waals surface area (Å²) in [4.78, 5) is 2.53. The average Bonchev–Trinajstić information content (AvgIpc) is 3.96. The number of anilines is 3. The van der Waals surface area contributed by atoms with Gasteiger partial charge in [-0.2, -0.15) is 0 Å². The van der Waals surface area contributed by atoms with Crippen molar-refractivity contribution in [2.45, 2.75) is 0 Å². The third-order valence-electron chi connectivity index (χ3n) is 14.5. The highest BCUT2D eigenvalue weighted by molar-refractivity contribution is 6.23. The summed E-state index contributed by atoms with van der Waals surface area (Å²) in [6.45, 7) is 0. The van der Waals surface area contributed by atoms with Gasteiger partial charge in [0.05, 0.1) is 33.4 Å². The maximum Gasteiger partial charge on any atom is 0.0620 e. The van der Waals surface area contributed by atoms with Gasteiger partial charge in [-0.1, -0.05) is 200 Å². The van der Waals surface area contributed by atoms with Crippen molar-refractivity contribution in [2.75, 3.05) is 4.90 Å². The SMILES string of the molecule is c1ccc(-c2ccc(N(c3ccc4c(c3)c3ccccc3n4-c3ccccc3)c3c4cc(-c5ccccc5)ccc4c(-n4c5ccccc5c5ccccc54)c4cc(-c5ccccc5)ccc34)cc2)cc1. The van der Waals surface area contributed by atoms with Crippen molar-refractivity contribution in [1.29, 1.82) is 0 Å². The molecule has 0 spiro atoms. The molecular formula is C68H45N3. The van der Waals surface area contributed by atoms with E-state index in [4.69, 9.17) is 0 Å². The number of benzene rings is 12. The van der Waals surface area contributed by atoms with Crippen molar-refractivity contribution in [3.05, 3.63) is 273 Å². The largest absolute Gasteiger partial charge is 0.309 e. The van der Waals surface area contributed by atoms with Crippen molar-refractivity contribution in [2.24, 2.45) is 0 Å². The lowest BCUT2D eigenvalue weighted by molar-refractivity contribution is 1.18. The molecule has 3 nitrogen and oxygen atoms in total. The fourth-order valence-electron chi connectivity index (χ4n) is 11.2. The molecule has 0 aliphatic heterocycles. The average molecular weight is 904 g/mol. The third-order valence-corrected chi connectivity index (χ3v) is 14.5. The van der Waals surface area contributed by atoms with Gasteiger partial charge in [0.2, 0.25) is 0 Å². The molecule has 0 fully saturated rings. The monoisotopic (exact) mass is 903 g/mol. The Morgan fingerprint density at radius 3 is 1.21 bits per heavy atom. The van der Waals surface area contributed by atoms with E-state index in [1.54, 1.807) is 0 Å². The summed E-state index contributed by atoms with van der Waals surface area (Å²) in [5.41, 5.74) is 17.3. The van der Waals surface area contributed by atoms with E-state index in [2.05, 4.69) is 287 Å². The fourth-order valence-corrected chi connectivity index (χ4v) is 11.2. The van der Waals surface area contributed by atoms with Gasteiger partial charge in [-0.3, -0.25) is 0 Å². The van der Waals surface area contributed by atoms with E-state index in [1.807, 2.05) is 0 Å². The van der Waals surface area contributed by atoms with Gasteiger partial charge < -0.3 is 14.0 Å². The maximum absolute atomic E-state index is 2.53. The van der Waals surface area contributed by atoms with E-state index in [0.717, 1.165) is 55.7 Å². The lowest BCUT2D eigenvalue weighted by Gasteiger charge is -2.30. The minimum Gasteiger partial charge on any atom is -0.309 e. The van der Waals surface area contributed by atoms with Gasteiger partial charge in [0.15, 0.2) is 0 Å². The van der Waals surface area contributed by atoms with Gasteiger partial charge in [0.1, 0.15) is 0 Å². The summed E-state index contributed by atoms with van der Waals surface area (Å²) in [6, 6.07) is 100. The van der Waals surface area contributed by atoms with Crippen LogP contribution in [-0.4, -0.2) is 9.13 Å². The second kappa shape index (κ2) is 16.7. The van der Waals surface area contributed by atoms with Gasteiger partial charge in [-0.25, -0.2) is 0 Å². The molecular weight excluding hydrogens is 859 g/mol. The molecule has 0 bridgehead atoms. The van der Waals surface area contributed by atoms with E-state index in [-0.39, 0.29) is 0 Å². The Hall–Kier alpha value is -9.44.